The molecule has 2 aromatic carbocycles. The van der Waals surface area contributed by atoms with Crippen molar-refractivity contribution >= 4 is 28.3 Å². The second-order valence-corrected chi connectivity index (χ2v) is 9.36. The summed E-state index contributed by atoms with van der Waals surface area (Å²) in [5, 5.41) is 11.3. The van der Waals surface area contributed by atoms with Gasteiger partial charge in [0.25, 0.3) is 5.91 Å². The van der Waals surface area contributed by atoms with Crippen LogP contribution in [-0.2, 0) is 7.05 Å². The van der Waals surface area contributed by atoms with E-state index in [0.29, 0.717) is 16.7 Å². The molecule has 0 aliphatic rings. The third-order valence-electron chi connectivity index (χ3n) is 6.50. The van der Waals surface area contributed by atoms with Crippen LogP contribution in [0.4, 0.5) is 10.2 Å². The number of nitrogens with zero attached hydrogens (tertiary/aromatic N) is 5. The molecule has 4 aromatic heterocycles. The van der Waals surface area contributed by atoms with Gasteiger partial charge in [0.1, 0.15) is 22.7 Å². The molecule has 4 heterocycles. The largest absolute Gasteiger partial charge is 0.458 e. The van der Waals surface area contributed by atoms with Gasteiger partial charge in [0.05, 0.1) is 28.8 Å². The first-order valence-corrected chi connectivity index (χ1v) is 12.6. The van der Waals surface area contributed by atoms with Gasteiger partial charge in [-0.05, 0) is 42.8 Å². The maximum Gasteiger partial charge on any atom is 0.259 e. The molecule has 0 unspecified atom stereocenters. The van der Waals surface area contributed by atoms with Crippen LogP contribution in [0.2, 0.25) is 0 Å². The third kappa shape index (κ3) is 4.68. The van der Waals surface area contributed by atoms with Gasteiger partial charge in [-0.3, -0.25) is 14.3 Å². The van der Waals surface area contributed by atoms with E-state index in [2.05, 4.69) is 32.3 Å². The minimum atomic E-state index is -0.832. The topological polar surface area (TPSA) is 133 Å². The van der Waals surface area contributed by atoms with E-state index < -0.39 is 23.2 Å². The summed E-state index contributed by atoms with van der Waals surface area (Å²) in [5.41, 5.74) is 7.75. The highest BCUT2D eigenvalue weighted by molar-refractivity contribution is 6.04. The van der Waals surface area contributed by atoms with Gasteiger partial charge < -0.3 is 15.5 Å². The van der Waals surface area contributed by atoms with E-state index in [0.717, 1.165) is 0 Å². The van der Waals surface area contributed by atoms with E-state index in [-0.39, 0.29) is 39.3 Å². The molecule has 41 heavy (non-hydrogen) atoms. The first-order chi connectivity index (χ1) is 19.8. The van der Waals surface area contributed by atoms with Crippen molar-refractivity contribution in [1.29, 1.82) is 0 Å². The van der Waals surface area contributed by atoms with Crippen molar-refractivity contribution < 1.29 is 13.6 Å². The Morgan fingerprint density at radius 3 is 2.78 bits per heavy atom. The van der Waals surface area contributed by atoms with Crippen LogP contribution < -0.4 is 16.5 Å². The fourth-order valence-corrected chi connectivity index (χ4v) is 4.66. The zero-order valence-electron chi connectivity index (χ0n) is 21.9. The molecule has 11 heteroatoms. The number of nitrogens with one attached hydrogen (secondary N) is 1. The van der Waals surface area contributed by atoms with Crippen molar-refractivity contribution in [2.75, 3.05) is 5.73 Å². The van der Waals surface area contributed by atoms with Gasteiger partial charge in [-0.2, -0.15) is 5.10 Å². The van der Waals surface area contributed by atoms with Crippen molar-refractivity contribution in [3.05, 3.63) is 112 Å². The van der Waals surface area contributed by atoms with Crippen molar-refractivity contribution in [3.63, 3.8) is 0 Å². The van der Waals surface area contributed by atoms with Gasteiger partial charge in [0.2, 0.25) is 5.43 Å². The molecule has 10 nitrogen and oxygen atoms in total. The number of carbonyl (C=O) groups is 1. The Balaban J connectivity index is 1.49. The second-order valence-electron chi connectivity index (χ2n) is 9.36. The maximum absolute atomic E-state index is 14.3. The Bertz CT molecular complexity index is 2100. The number of benzene rings is 2. The molecule has 6 aromatic rings. The molecule has 1 amide bonds. The predicted octanol–water partition coefficient (Wildman–Crippen LogP) is 3.85. The molecule has 0 saturated heterocycles. The second kappa shape index (κ2) is 10.1. The average molecular weight is 548 g/mol. The van der Waals surface area contributed by atoms with E-state index >= 15 is 0 Å². The summed E-state index contributed by atoms with van der Waals surface area (Å²) in [6.07, 6.45) is 6.52. The zero-order chi connectivity index (χ0) is 28.7. The minimum Gasteiger partial charge on any atom is -0.458 e. The lowest BCUT2D eigenvalue weighted by atomic mass is 9.97. The number of hydrogen-bond donors (Lipinski definition) is 2. The van der Waals surface area contributed by atoms with Crippen LogP contribution in [0.1, 0.15) is 40.2 Å². The Morgan fingerprint density at radius 1 is 1.17 bits per heavy atom. The number of rotatable bonds is 4. The highest BCUT2D eigenvalue weighted by Crippen LogP contribution is 2.31. The van der Waals surface area contributed by atoms with Gasteiger partial charge in [0, 0.05) is 31.2 Å². The molecule has 0 aliphatic heterocycles. The molecule has 0 radical (unpaired) electrons. The minimum absolute atomic E-state index is 0.00412. The summed E-state index contributed by atoms with van der Waals surface area (Å²) in [6, 6.07) is 11.5. The molecule has 3 N–H and O–H groups in total. The van der Waals surface area contributed by atoms with E-state index in [1.807, 2.05) is 0 Å². The van der Waals surface area contributed by atoms with Crippen molar-refractivity contribution in [3.8, 4) is 23.0 Å². The van der Waals surface area contributed by atoms with Gasteiger partial charge in [-0.15, -0.1) is 5.10 Å². The summed E-state index contributed by atoms with van der Waals surface area (Å²) in [7, 11) is 1.78. The standard InChI is InChI=1S/C30H22FN7O3/c1-17(35-30(40)25-28(32)36-38-13-5-12-33-29(25)38)27-24(20-7-3-8-21(31)14-20)26(39)23-19(6-4-9-22(23)41-27)11-10-18-15-34-37(2)16-18/h3-9,12-17H,1-2H3,(H2,32,36)(H,35,40)/t17-/m0/s1. The van der Waals surface area contributed by atoms with Crippen molar-refractivity contribution in [1.82, 2.24) is 29.7 Å². The Kier molecular flexibility index (Phi) is 6.28. The summed E-state index contributed by atoms with van der Waals surface area (Å²) >= 11 is 0. The molecular formula is C30H22FN7O3. The van der Waals surface area contributed by atoms with Crippen molar-refractivity contribution in [2.45, 2.75) is 13.0 Å². The first-order valence-electron chi connectivity index (χ1n) is 12.6. The fourth-order valence-electron chi connectivity index (χ4n) is 4.66. The maximum atomic E-state index is 14.3. The van der Waals surface area contributed by atoms with Crippen LogP contribution >= 0.6 is 0 Å². The molecule has 202 valence electrons. The number of anilines is 1. The van der Waals surface area contributed by atoms with Crippen LogP contribution in [0.5, 0.6) is 0 Å². The summed E-state index contributed by atoms with van der Waals surface area (Å²) < 4.78 is 23.6. The first kappa shape index (κ1) is 25.5. The summed E-state index contributed by atoms with van der Waals surface area (Å²) in [6.45, 7) is 1.66. The van der Waals surface area contributed by atoms with E-state index in [1.165, 1.54) is 28.9 Å². The van der Waals surface area contributed by atoms with E-state index in [4.69, 9.17) is 10.2 Å². The molecular weight excluding hydrogens is 525 g/mol. The number of halogens is 1. The number of hydrogen-bond acceptors (Lipinski definition) is 7. The number of nitrogen functional groups attached to an aromatic ring is 1. The highest BCUT2D eigenvalue weighted by Gasteiger charge is 2.26. The van der Waals surface area contributed by atoms with Crippen LogP contribution in [0.15, 0.2) is 82.5 Å². The van der Waals surface area contributed by atoms with Gasteiger partial charge in [-0.25, -0.2) is 13.9 Å². The SMILES string of the molecule is C[C@H](NC(=O)c1c(N)nn2cccnc12)c1oc2cccc(C#Cc3cnn(C)c3)c2c(=O)c1-c1cccc(F)c1. The van der Waals surface area contributed by atoms with Crippen molar-refractivity contribution in [2.24, 2.45) is 7.05 Å². The van der Waals surface area contributed by atoms with Gasteiger partial charge in [0.15, 0.2) is 11.5 Å². The Morgan fingerprint density at radius 2 is 2.00 bits per heavy atom. The molecule has 0 bridgehead atoms. The lowest BCUT2D eigenvalue weighted by molar-refractivity contribution is 0.0938. The average Bonchev–Trinajstić information content (AvgIpc) is 3.52. The third-order valence-corrected chi connectivity index (χ3v) is 6.50. The normalized spacial score (nSPS) is 11.8. The Labute approximate surface area is 232 Å². The molecule has 6 rings (SSSR count). The number of fused-ring (bicyclic) bond motifs is 2. The molecule has 0 spiro atoms. The van der Waals surface area contributed by atoms with E-state index in [1.54, 1.807) is 67.6 Å². The molecule has 0 fully saturated rings. The van der Waals surface area contributed by atoms with Crippen LogP contribution in [0.3, 0.4) is 0 Å². The number of carbonyl (C=O) groups excluding carboxylic acids is 1. The Hall–Kier alpha value is -5.76. The lowest BCUT2D eigenvalue weighted by Crippen LogP contribution is -2.29. The summed E-state index contributed by atoms with van der Waals surface area (Å²) in [4.78, 5) is 31.7. The molecule has 0 saturated carbocycles. The van der Waals surface area contributed by atoms with Crippen LogP contribution in [0.25, 0.3) is 27.7 Å². The highest BCUT2D eigenvalue weighted by atomic mass is 19.1. The molecule has 1 atom stereocenters. The number of aromatic nitrogens is 5. The van der Waals surface area contributed by atoms with Gasteiger partial charge in [-0.1, -0.05) is 30.0 Å². The predicted molar refractivity (Wildman–Crippen MR) is 150 cm³/mol. The smallest absolute Gasteiger partial charge is 0.259 e. The lowest BCUT2D eigenvalue weighted by Gasteiger charge is -2.18. The van der Waals surface area contributed by atoms with Crippen LogP contribution in [0, 0.1) is 17.7 Å². The summed E-state index contributed by atoms with van der Waals surface area (Å²) in [5.74, 6) is 5.09. The fraction of sp³-hybridized carbons (Fsp3) is 0.100. The number of nitrogens with two attached hydrogens (primary N) is 1. The molecule has 0 aliphatic carbocycles. The van der Waals surface area contributed by atoms with E-state index in [9.17, 15) is 14.0 Å². The zero-order valence-corrected chi connectivity index (χ0v) is 21.9. The van der Waals surface area contributed by atoms with Gasteiger partial charge >= 0.3 is 0 Å². The number of amides is 1. The number of aryl methyl sites for hydroxylation is 1. The monoisotopic (exact) mass is 547 g/mol. The quantitative estimate of drug-likeness (QED) is 0.320. The van der Waals surface area contributed by atoms with Crippen LogP contribution in [-0.4, -0.2) is 30.3 Å².